The van der Waals surface area contributed by atoms with Crippen molar-refractivity contribution in [1.29, 1.82) is 0 Å². The third-order valence-corrected chi connectivity index (χ3v) is 3.76. The highest BCUT2D eigenvalue weighted by molar-refractivity contribution is 6.32. The van der Waals surface area contributed by atoms with Gasteiger partial charge in [-0.1, -0.05) is 37.6 Å². The molecule has 0 radical (unpaired) electrons. The summed E-state index contributed by atoms with van der Waals surface area (Å²) in [5, 5.41) is 6.35. The van der Waals surface area contributed by atoms with Crippen LogP contribution in [0.25, 0.3) is 0 Å². The number of halogens is 1. The minimum absolute atomic E-state index is 0.140. The maximum atomic E-state index is 12.0. The van der Waals surface area contributed by atoms with E-state index in [1.165, 1.54) is 5.56 Å². The first-order valence-corrected chi connectivity index (χ1v) is 7.84. The molecule has 0 saturated carbocycles. The van der Waals surface area contributed by atoms with Crippen molar-refractivity contribution in [2.75, 3.05) is 24.3 Å². The summed E-state index contributed by atoms with van der Waals surface area (Å²) in [5.41, 5.74) is 2.82. The zero-order valence-electron chi connectivity index (χ0n) is 13.5. The van der Waals surface area contributed by atoms with Crippen molar-refractivity contribution in [3.63, 3.8) is 0 Å². The monoisotopic (exact) mass is 332 g/mol. The van der Waals surface area contributed by atoms with Gasteiger partial charge in [-0.05, 0) is 41.8 Å². The molecule has 0 aromatic heterocycles. The number of methoxy groups -OCH3 is 1. The largest absolute Gasteiger partial charge is 0.495 e. The fraction of sp³-hybridized carbons (Fsp3) is 0.278. The van der Waals surface area contributed by atoms with Gasteiger partial charge in [-0.25, -0.2) is 0 Å². The summed E-state index contributed by atoms with van der Waals surface area (Å²) >= 11 is 6.03. The van der Waals surface area contributed by atoms with Crippen LogP contribution in [0, 0.1) is 0 Å². The molecule has 0 unspecified atom stereocenters. The lowest BCUT2D eigenvalue weighted by Crippen LogP contribution is -2.21. The lowest BCUT2D eigenvalue weighted by molar-refractivity contribution is -0.114. The first kappa shape index (κ1) is 17.2. The summed E-state index contributed by atoms with van der Waals surface area (Å²) in [6.07, 6.45) is 0. The van der Waals surface area contributed by atoms with Gasteiger partial charge >= 0.3 is 0 Å². The lowest BCUT2D eigenvalue weighted by Gasteiger charge is -2.10. The molecule has 0 fully saturated rings. The van der Waals surface area contributed by atoms with Gasteiger partial charge in [0.15, 0.2) is 0 Å². The molecule has 122 valence electrons. The van der Waals surface area contributed by atoms with Crippen LogP contribution in [0.1, 0.15) is 25.3 Å². The molecular weight excluding hydrogens is 312 g/mol. The molecule has 1 amide bonds. The molecule has 0 aliphatic carbocycles. The third-order valence-electron chi connectivity index (χ3n) is 3.47. The molecule has 0 aliphatic heterocycles. The van der Waals surface area contributed by atoms with Crippen LogP contribution in [0.3, 0.4) is 0 Å². The van der Waals surface area contributed by atoms with Gasteiger partial charge < -0.3 is 15.4 Å². The highest BCUT2D eigenvalue weighted by atomic mass is 35.5. The van der Waals surface area contributed by atoms with Crippen LogP contribution in [0.4, 0.5) is 11.4 Å². The number of nitrogens with one attached hydrogen (secondary N) is 2. The molecule has 2 rings (SSSR count). The smallest absolute Gasteiger partial charge is 0.243 e. The van der Waals surface area contributed by atoms with Crippen molar-refractivity contribution in [2.24, 2.45) is 0 Å². The van der Waals surface area contributed by atoms with Crippen molar-refractivity contribution in [2.45, 2.75) is 19.8 Å². The van der Waals surface area contributed by atoms with E-state index in [1.54, 1.807) is 25.3 Å². The van der Waals surface area contributed by atoms with Crippen molar-refractivity contribution in [3.05, 3.63) is 53.1 Å². The first-order chi connectivity index (χ1) is 11.0. The SMILES string of the molecule is COc1ccc(NC(=O)CNc2ccc(C(C)C)cc2)cc1Cl. The zero-order valence-corrected chi connectivity index (χ0v) is 14.3. The van der Waals surface area contributed by atoms with E-state index >= 15 is 0 Å². The number of hydrogen-bond acceptors (Lipinski definition) is 3. The van der Waals surface area contributed by atoms with Crippen LogP contribution in [0.5, 0.6) is 5.75 Å². The van der Waals surface area contributed by atoms with Crippen LogP contribution in [-0.2, 0) is 4.79 Å². The Kier molecular flexibility index (Phi) is 5.88. The van der Waals surface area contributed by atoms with Crippen molar-refractivity contribution in [3.8, 4) is 5.75 Å². The standard InChI is InChI=1S/C18H21ClN2O2/c1-12(2)13-4-6-14(7-5-13)20-11-18(22)21-15-8-9-17(23-3)16(19)10-15/h4-10,12,20H,11H2,1-3H3,(H,21,22). The van der Waals surface area contributed by atoms with Gasteiger partial charge in [0.05, 0.1) is 18.7 Å². The number of carbonyl (C=O) groups is 1. The Balaban J connectivity index is 1.88. The predicted molar refractivity (Wildman–Crippen MR) is 95.7 cm³/mol. The van der Waals surface area contributed by atoms with E-state index in [9.17, 15) is 4.79 Å². The van der Waals surface area contributed by atoms with Crippen LogP contribution in [-0.4, -0.2) is 19.6 Å². The fourth-order valence-electron chi connectivity index (χ4n) is 2.12. The molecule has 4 nitrogen and oxygen atoms in total. The average molecular weight is 333 g/mol. The molecule has 0 saturated heterocycles. The Labute approximate surface area is 141 Å². The van der Waals surface area contributed by atoms with E-state index in [0.29, 0.717) is 22.4 Å². The molecule has 2 aromatic rings. The second kappa shape index (κ2) is 7.88. The quantitative estimate of drug-likeness (QED) is 0.817. The highest BCUT2D eigenvalue weighted by Gasteiger charge is 2.06. The van der Waals surface area contributed by atoms with Gasteiger partial charge in [0.25, 0.3) is 0 Å². The Morgan fingerprint density at radius 2 is 1.78 bits per heavy atom. The maximum Gasteiger partial charge on any atom is 0.243 e. The summed E-state index contributed by atoms with van der Waals surface area (Å²) in [6.45, 7) is 4.48. The molecule has 2 N–H and O–H groups in total. The molecule has 2 aromatic carbocycles. The van der Waals surface area contributed by atoms with Crippen LogP contribution in [0.2, 0.25) is 5.02 Å². The average Bonchev–Trinajstić information content (AvgIpc) is 2.53. The molecule has 0 atom stereocenters. The van der Waals surface area contributed by atoms with Gasteiger partial charge in [-0.2, -0.15) is 0 Å². The maximum absolute atomic E-state index is 12.0. The Bertz CT molecular complexity index is 669. The van der Waals surface area contributed by atoms with E-state index in [-0.39, 0.29) is 12.5 Å². The topological polar surface area (TPSA) is 50.4 Å². The molecule has 5 heteroatoms. The number of benzene rings is 2. The van der Waals surface area contributed by atoms with Crippen LogP contribution >= 0.6 is 11.6 Å². The van der Waals surface area contributed by atoms with Gasteiger partial charge in [0.1, 0.15) is 5.75 Å². The second-order valence-electron chi connectivity index (χ2n) is 5.53. The summed E-state index contributed by atoms with van der Waals surface area (Å²) < 4.78 is 5.08. The summed E-state index contributed by atoms with van der Waals surface area (Å²) in [5.74, 6) is 0.930. The van der Waals surface area contributed by atoms with E-state index in [0.717, 1.165) is 5.69 Å². The van der Waals surface area contributed by atoms with E-state index in [1.807, 2.05) is 12.1 Å². The predicted octanol–water partition coefficient (Wildman–Crippen LogP) is 4.52. The third kappa shape index (κ3) is 4.89. The minimum Gasteiger partial charge on any atom is -0.495 e. The summed E-state index contributed by atoms with van der Waals surface area (Å²) in [7, 11) is 1.55. The summed E-state index contributed by atoms with van der Waals surface area (Å²) in [4.78, 5) is 12.0. The minimum atomic E-state index is -0.140. The van der Waals surface area contributed by atoms with Crippen LogP contribution < -0.4 is 15.4 Å². The molecule has 0 heterocycles. The van der Waals surface area contributed by atoms with E-state index in [4.69, 9.17) is 16.3 Å². The molecule has 0 aliphatic rings. The van der Waals surface area contributed by atoms with Crippen molar-refractivity contribution in [1.82, 2.24) is 0 Å². The normalized spacial score (nSPS) is 10.5. The first-order valence-electron chi connectivity index (χ1n) is 7.47. The van der Waals surface area contributed by atoms with Gasteiger partial charge in [-0.15, -0.1) is 0 Å². The number of amides is 1. The van der Waals surface area contributed by atoms with Gasteiger partial charge in [-0.3, -0.25) is 4.79 Å². The molecule has 0 spiro atoms. The molecule has 23 heavy (non-hydrogen) atoms. The van der Waals surface area contributed by atoms with Crippen LogP contribution in [0.15, 0.2) is 42.5 Å². The Hall–Kier alpha value is -2.20. The number of anilines is 2. The summed E-state index contributed by atoms with van der Waals surface area (Å²) in [6, 6.07) is 13.2. The Morgan fingerprint density at radius 1 is 1.13 bits per heavy atom. The number of ether oxygens (including phenoxy) is 1. The molecule has 0 bridgehead atoms. The van der Waals surface area contributed by atoms with Gasteiger partial charge in [0.2, 0.25) is 5.91 Å². The molecular formula is C18H21ClN2O2. The van der Waals surface area contributed by atoms with Crippen molar-refractivity contribution < 1.29 is 9.53 Å². The fourth-order valence-corrected chi connectivity index (χ4v) is 2.38. The van der Waals surface area contributed by atoms with Gasteiger partial charge in [0, 0.05) is 11.4 Å². The van der Waals surface area contributed by atoms with Crippen molar-refractivity contribution >= 4 is 28.9 Å². The van der Waals surface area contributed by atoms with E-state index < -0.39 is 0 Å². The second-order valence-corrected chi connectivity index (χ2v) is 5.93. The number of hydrogen-bond donors (Lipinski definition) is 2. The zero-order chi connectivity index (χ0) is 16.8. The number of rotatable bonds is 6. The Morgan fingerprint density at radius 3 is 2.35 bits per heavy atom. The lowest BCUT2D eigenvalue weighted by atomic mass is 10.0. The number of carbonyl (C=O) groups excluding carboxylic acids is 1. The highest BCUT2D eigenvalue weighted by Crippen LogP contribution is 2.27. The van der Waals surface area contributed by atoms with E-state index in [2.05, 4.69) is 36.6 Å².